The number of halogens is 3. The number of rotatable bonds is 4. The SMILES string of the molecule is CS(=O)(=O)N1CCCC(CNc2ccc(F)c(F)c2F)C1. The van der Waals surface area contributed by atoms with Crippen LogP contribution in [0.15, 0.2) is 12.1 Å². The van der Waals surface area contributed by atoms with E-state index >= 15 is 0 Å². The molecule has 0 spiro atoms. The van der Waals surface area contributed by atoms with Gasteiger partial charge < -0.3 is 5.32 Å². The Morgan fingerprint density at radius 2 is 2.00 bits per heavy atom. The molecule has 2 rings (SSSR count). The molecule has 1 N–H and O–H groups in total. The van der Waals surface area contributed by atoms with Crippen LogP contribution < -0.4 is 5.32 Å². The normalized spacial score (nSPS) is 20.5. The Bertz CT molecular complexity index is 622. The number of hydrogen-bond acceptors (Lipinski definition) is 3. The Hall–Kier alpha value is -1.28. The lowest BCUT2D eigenvalue weighted by Gasteiger charge is -2.31. The highest BCUT2D eigenvalue weighted by Crippen LogP contribution is 2.22. The number of benzene rings is 1. The molecule has 0 aliphatic carbocycles. The Morgan fingerprint density at radius 3 is 2.67 bits per heavy atom. The molecule has 1 aromatic carbocycles. The van der Waals surface area contributed by atoms with E-state index in [0.29, 0.717) is 19.6 Å². The molecule has 21 heavy (non-hydrogen) atoms. The lowest BCUT2D eigenvalue weighted by molar-refractivity contribution is 0.276. The molecule has 1 aliphatic rings. The zero-order valence-electron chi connectivity index (χ0n) is 11.6. The molecule has 4 nitrogen and oxygen atoms in total. The van der Waals surface area contributed by atoms with Gasteiger partial charge in [0.25, 0.3) is 0 Å². The second-order valence-corrected chi connectivity index (χ2v) is 7.22. The molecular formula is C13H17F3N2O2S. The lowest BCUT2D eigenvalue weighted by atomic mass is 9.99. The van der Waals surface area contributed by atoms with Gasteiger partial charge in [-0.25, -0.2) is 25.9 Å². The van der Waals surface area contributed by atoms with Gasteiger partial charge in [-0.3, -0.25) is 0 Å². The molecule has 1 aliphatic heterocycles. The maximum atomic E-state index is 13.5. The highest BCUT2D eigenvalue weighted by atomic mass is 32.2. The average Bonchev–Trinajstić information content (AvgIpc) is 2.43. The largest absolute Gasteiger partial charge is 0.382 e. The molecule has 1 heterocycles. The third-order valence-electron chi connectivity index (χ3n) is 3.57. The summed E-state index contributed by atoms with van der Waals surface area (Å²) < 4.78 is 63.8. The summed E-state index contributed by atoms with van der Waals surface area (Å²) in [5, 5.41) is 2.72. The summed E-state index contributed by atoms with van der Waals surface area (Å²) >= 11 is 0. The fraction of sp³-hybridized carbons (Fsp3) is 0.538. The van der Waals surface area contributed by atoms with E-state index in [0.717, 1.165) is 31.2 Å². The van der Waals surface area contributed by atoms with Crippen molar-refractivity contribution in [2.75, 3.05) is 31.2 Å². The number of hydrogen-bond donors (Lipinski definition) is 1. The van der Waals surface area contributed by atoms with Gasteiger partial charge in [0.15, 0.2) is 17.5 Å². The maximum Gasteiger partial charge on any atom is 0.211 e. The zero-order valence-corrected chi connectivity index (χ0v) is 12.4. The molecule has 1 atom stereocenters. The van der Waals surface area contributed by atoms with Crippen LogP contribution in [0.3, 0.4) is 0 Å². The molecule has 1 aromatic rings. The molecule has 0 saturated carbocycles. The monoisotopic (exact) mass is 322 g/mol. The number of sulfonamides is 1. The van der Waals surface area contributed by atoms with Crippen molar-refractivity contribution in [3.63, 3.8) is 0 Å². The van der Waals surface area contributed by atoms with Gasteiger partial charge in [-0.2, -0.15) is 0 Å². The summed E-state index contributed by atoms with van der Waals surface area (Å²) in [6.07, 6.45) is 2.67. The molecule has 1 unspecified atom stereocenters. The van der Waals surface area contributed by atoms with E-state index in [1.807, 2.05) is 0 Å². The van der Waals surface area contributed by atoms with Gasteiger partial charge in [-0.05, 0) is 30.9 Å². The van der Waals surface area contributed by atoms with Crippen LogP contribution in [0.25, 0.3) is 0 Å². The zero-order chi connectivity index (χ0) is 15.6. The lowest BCUT2D eigenvalue weighted by Crippen LogP contribution is -2.41. The maximum absolute atomic E-state index is 13.5. The predicted molar refractivity (Wildman–Crippen MR) is 73.9 cm³/mol. The fourth-order valence-corrected chi connectivity index (χ4v) is 3.35. The van der Waals surface area contributed by atoms with Gasteiger partial charge in [-0.1, -0.05) is 0 Å². The molecule has 0 amide bonds. The van der Waals surface area contributed by atoms with Crippen molar-refractivity contribution >= 4 is 15.7 Å². The summed E-state index contributed by atoms with van der Waals surface area (Å²) in [6, 6.07) is 1.98. The van der Waals surface area contributed by atoms with Crippen LogP contribution in [-0.2, 0) is 10.0 Å². The quantitative estimate of drug-likeness (QED) is 0.865. The Balaban J connectivity index is 1.99. The summed E-state index contributed by atoms with van der Waals surface area (Å²) in [4.78, 5) is 0. The van der Waals surface area contributed by atoms with Gasteiger partial charge in [0, 0.05) is 19.6 Å². The number of nitrogens with zero attached hydrogens (tertiary/aromatic N) is 1. The minimum Gasteiger partial charge on any atom is -0.382 e. The van der Waals surface area contributed by atoms with Crippen LogP contribution in [0.2, 0.25) is 0 Å². The van der Waals surface area contributed by atoms with Crippen molar-refractivity contribution in [2.24, 2.45) is 5.92 Å². The van der Waals surface area contributed by atoms with E-state index in [1.165, 1.54) is 4.31 Å². The first-order valence-corrected chi connectivity index (χ1v) is 8.46. The number of nitrogens with one attached hydrogen (secondary N) is 1. The standard InChI is InChI=1S/C13H17F3N2O2S/c1-21(19,20)18-6-2-3-9(8-18)7-17-11-5-4-10(14)12(15)13(11)16/h4-5,9,17H,2-3,6-8H2,1H3. The van der Waals surface area contributed by atoms with Crippen molar-refractivity contribution < 1.29 is 21.6 Å². The van der Waals surface area contributed by atoms with Crippen molar-refractivity contribution in [2.45, 2.75) is 12.8 Å². The second-order valence-electron chi connectivity index (χ2n) is 5.23. The summed E-state index contributed by atoms with van der Waals surface area (Å²) in [5.74, 6) is -4.01. The van der Waals surface area contributed by atoms with Crippen LogP contribution in [0.4, 0.5) is 18.9 Å². The minimum atomic E-state index is -3.24. The molecule has 1 fully saturated rings. The molecule has 0 radical (unpaired) electrons. The smallest absolute Gasteiger partial charge is 0.211 e. The first kappa shape index (κ1) is 16.1. The summed E-state index contributed by atoms with van der Waals surface area (Å²) in [5.41, 5.74) is -0.120. The van der Waals surface area contributed by atoms with Gasteiger partial charge in [-0.15, -0.1) is 0 Å². The van der Waals surface area contributed by atoms with Crippen molar-refractivity contribution in [3.8, 4) is 0 Å². The van der Waals surface area contributed by atoms with Crippen LogP contribution in [0.1, 0.15) is 12.8 Å². The Morgan fingerprint density at radius 1 is 1.29 bits per heavy atom. The Kier molecular flexibility index (Phi) is 4.77. The number of piperidine rings is 1. The molecule has 118 valence electrons. The third kappa shape index (κ3) is 3.88. The summed E-state index contributed by atoms with van der Waals surface area (Å²) in [6.45, 7) is 1.13. The fourth-order valence-electron chi connectivity index (χ4n) is 2.41. The van der Waals surface area contributed by atoms with Crippen molar-refractivity contribution in [1.29, 1.82) is 0 Å². The third-order valence-corrected chi connectivity index (χ3v) is 4.84. The molecule has 8 heteroatoms. The van der Waals surface area contributed by atoms with E-state index in [-0.39, 0.29) is 11.6 Å². The van der Waals surface area contributed by atoms with Gasteiger partial charge >= 0.3 is 0 Å². The highest BCUT2D eigenvalue weighted by Gasteiger charge is 2.26. The average molecular weight is 322 g/mol. The predicted octanol–water partition coefficient (Wildman–Crippen LogP) is 2.19. The summed E-state index contributed by atoms with van der Waals surface area (Å²) in [7, 11) is -3.24. The minimum absolute atomic E-state index is 0.000916. The van der Waals surface area contributed by atoms with E-state index in [1.54, 1.807) is 0 Å². The van der Waals surface area contributed by atoms with Gasteiger partial charge in [0.2, 0.25) is 10.0 Å². The van der Waals surface area contributed by atoms with E-state index in [9.17, 15) is 21.6 Å². The molecule has 0 bridgehead atoms. The molecule has 1 saturated heterocycles. The first-order valence-electron chi connectivity index (χ1n) is 6.61. The van der Waals surface area contributed by atoms with Crippen LogP contribution in [0.5, 0.6) is 0 Å². The van der Waals surface area contributed by atoms with Crippen LogP contribution >= 0.6 is 0 Å². The van der Waals surface area contributed by atoms with E-state index < -0.39 is 27.5 Å². The Labute approximate surface area is 122 Å². The topological polar surface area (TPSA) is 49.4 Å². The van der Waals surface area contributed by atoms with E-state index in [4.69, 9.17) is 0 Å². The molecular weight excluding hydrogens is 305 g/mol. The highest BCUT2D eigenvalue weighted by molar-refractivity contribution is 7.88. The molecule has 0 aromatic heterocycles. The van der Waals surface area contributed by atoms with Gasteiger partial charge in [0.05, 0.1) is 11.9 Å². The number of anilines is 1. The van der Waals surface area contributed by atoms with Crippen molar-refractivity contribution in [1.82, 2.24) is 4.31 Å². The van der Waals surface area contributed by atoms with Gasteiger partial charge in [0.1, 0.15) is 0 Å². The first-order chi connectivity index (χ1) is 9.79. The van der Waals surface area contributed by atoms with E-state index in [2.05, 4.69) is 5.32 Å². The van der Waals surface area contributed by atoms with Crippen molar-refractivity contribution in [3.05, 3.63) is 29.6 Å². The second kappa shape index (κ2) is 6.23. The van der Waals surface area contributed by atoms with Crippen LogP contribution in [0, 0.1) is 23.4 Å². The van der Waals surface area contributed by atoms with Crippen LogP contribution in [-0.4, -0.2) is 38.6 Å².